The molecule has 8 heteroatoms. The van der Waals surface area contributed by atoms with E-state index in [1.807, 2.05) is 41.3 Å². The molecule has 0 radical (unpaired) electrons. The van der Waals surface area contributed by atoms with Gasteiger partial charge in [-0.2, -0.15) is 4.98 Å². The minimum absolute atomic E-state index is 0.000439. The van der Waals surface area contributed by atoms with E-state index in [-0.39, 0.29) is 17.7 Å². The maximum absolute atomic E-state index is 12.9. The molecule has 1 aliphatic heterocycles. The molecule has 1 saturated heterocycles. The Kier molecular flexibility index (Phi) is 5.94. The number of anilines is 1. The summed E-state index contributed by atoms with van der Waals surface area (Å²) in [5.41, 5.74) is 2.17. The van der Waals surface area contributed by atoms with Crippen LogP contribution in [0.5, 0.6) is 0 Å². The Morgan fingerprint density at radius 1 is 1.17 bits per heavy atom. The van der Waals surface area contributed by atoms with Crippen molar-refractivity contribution in [3.8, 4) is 11.4 Å². The zero-order chi connectivity index (χ0) is 21.1. The lowest BCUT2D eigenvalue weighted by atomic mass is 9.97. The van der Waals surface area contributed by atoms with Crippen LogP contribution in [0.2, 0.25) is 0 Å². The van der Waals surface area contributed by atoms with Crippen molar-refractivity contribution in [2.45, 2.75) is 25.7 Å². The van der Waals surface area contributed by atoms with Gasteiger partial charge >= 0.3 is 0 Å². The van der Waals surface area contributed by atoms with Crippen LogP contribution in [0.15, 0.2) is 57.5 Å². The zero-order valence-corrected chi connectivity index (χ0v) is 18.1. The van der Waals surface area contributed by atoms with Gasteiger partial charge in [0.05, 0.1) is 11.5 Å². The predicted molar refractivity (Wildman–Crippen MR) is 116 cm³/mol. The molecule has 2 amide bonds. The Balaban J connectivity index is 1.47. The van der Waals surface area contributed by atoms with Crippen molar-refractivity contribution in [1.82, 2.24) is 15.0 Å². The maximum atomic E-state index is 12.9. The zero-order valence-electron chi connectivity index (χ0n) is 16.5. The molecule has 1 N–H and O–H groups in total. The van der Waals surface area contributed by atoms with Crippen LogP contribution in [0.25, 0.3) is 11.4 Å². The Labute approximate surface area is 182 Å². The van der Waals surface area contributed by atoms with E-state index in [1.54, 1.807) is 12.1 Å². The first-order valence-electron chi connectivity index (χ1n) is 9.76. The number of amides is 2. The second-order valence-corrected chi connectivity index (χ2v) is 8.14. The van der Waals surface area contributed by atoms with Crippen LogP contribution in [0.3, 0.4) is 0 Å². The van der Waals surface area contributed by atoms with Crippen LogP contribution in [-0.4, -0.2) is 39.9 Å². The Bertz CT molecular complexity index is 1060. The van der Waals surface area contributed by atoms with Crippen molar-refractivity contribution in [3.05, 3.63) is 64.5 Å². The van der Waals surface area contributed by atoms with E-state index in [9.17, 15) is 9.59 Å². The molecule has 1 unspecified atom stereocenters. The fourth-order valence-electron chi connectivity index (χ4n) is 3.59. The molecule has 7 nitrogen and oxygen atoms in total. The molecule has 4 rings (SSSR count). The van der Waals surface area contributed by atoms with Gasteiger partial charge in [0, 0.05) is 35.7 Å². The van der Waals surface area contributed by atoms with Crippen molar-refractivity contribution in [2.75, 3.05) is 18.4 Å². The highest BCUT2D eigenvalue weighted by molar-refractivity contribution is 9.10. The largest absolute Gasteiger partial charge is 0.339 e. The first-order chi connectivity index (χ1) is 14.5. The summed E-state index contributed by atoms with van der Waals surface area (Å²) in [6.45, 7) is 2.72. The third kappa shape index (κ3) is 4.43. The lowest BCUT2D eigenvalue weighted by Gasteiger charge is -2.31. The number of rotatable bonds is 4. The maximum Gasteiger partial charge on any atom is 0.255 e. The molecule has 30 heavy (non-hydrogen) atoms. The van der Waals surface area contributed by atoms with E-state index in [0.717, 1.165) is 22.9 Å². The predicted octanol–water partition coefficient (Wildman–Crippen LogP) is 4.48. The summed E-state index contributed by atoms with van der Waals surface area (Å²) in [5.74, 6) is 0.920. The summed E-state index contributed by atoms with van der Waals surface area (Å²) in [7, 11) is 0. The van der Waals surface area contributed by atoms with Crippen LogP contribution in [0.1, 0.15) is 41.9 Å². The van der Waals surface area contributed by atoms with Gasteiger partial charge in [-0.25, -0.2) is 0 Å². The van der Waals surface area contributed by atoms with Gasteiger partial charge in [-0.15, -0.1) is 0 Å². The molecule has 2 heterocycles. The minimum atomic E-state index is -0.122. The molecule has 1 aliphatic rings. The van der Waals surface area contributed by atoms with E-state index in [0.29, 0.717) is 36.1 Å². The summed E-state index contributed by atoms with van der Waals surface area (Å²) >= 11 is 3.46. The molecule has 0 aliphatic carbocycles. The van der Waals surface area contributed by atoms with Gasteiger partial charge in [0.25, 0.3) is 5.91 Å². The second-order valence-electron chi connectivity index (χ2n) is 7.28. The van der Waals surface area contributed by atoms with Gasteiger partial charge in [-0.1, -0.05) is 17.3 Å². The van der Waals surface area contributed by atoms with Gasteiger partial charge in [0.1, 0.15) is 0 Å². The molecule has 0 bridgehead atoms. The quantitative estimate of drug-likeness (QED) is 0.609. The monoisotopic (exact) mass is 468 g/mol. The number of hydrogen-bond acceptors (Lipinski definition) is 5. The van der Waals surface area contributed by atoms with E-state index >= 15 is 0 Å². The minimum Gasteiger partial charge on any atom is -0.339 e. The average molecular weight is 469 g/mol. The third-order valence-corrected chi connectivity index (χ3v) is 5.76. The Hall–Kier alpha value is -3.00. The molecular weight excluding hydrogens is 448 g/mol. The standard InChI is InChI=1S/C22H21BrN4O3/c1-14(28)24-17-10-8-15(9-11-17)20-25-21(30-26-20)16-5-4-12-27(13-16)22(29)18-6-2-3-7-19(18)23/h2-3,6-11,16H,4-5,12-13H2,1H3,(H,24,28). The lowest BCUT2D eigenvalue weighted by molar-refractivity contribution is -0.114. The van der Waals surface area contributed by atoms with Crippen molar-refractivity contribution >= 4 is 33.4 Å². The average Bonchev–Trinajstić information content (AvgIpc) is 3.24. The smallest absolute Gasteiger partial charge is 0.255 e. The van der Waals surface area contributed by atoms with Crippen LogP contribution >= 0.6 is 15.9 Å². The van der Waals surface area contributed by atoms with Gasteiger partial charge in [-0.3, -0.25) is 9.59 Å². The van der Waals surface area contributed by atoms with Crippen LogP contribution in [0, 0.1) is 0 Å². The summed E-state index contributed by atoms with van der Waals surface area (Å²) in [6, 6.07) is 14.7. The Morgan fingerprint density at radius 2 is 1.93 bits per heavy atom. The number of carbonyl (C=O) groups is 2. The molecule has 1 atom stereocenters. The van der Waals surface area contributed by atoms with Crippen molar-refractivity contribution in [1.29, 1.82) is 0 Å². The third-order valence-electron chi connectivity index (χ3n) is 5.07. The van der Waals surface area contributed by atoms with Crippen LogP contribution < -0.4 is 5.32 Å². The summed E-state index contributed by atoms with van der Waals surface area (Å²) in [6.07, 6.45) is 1.77. The number of likely N-dealkylation sites (tertiary alicyclic amines) is 1. The molecule has 154 valence electrons. The van der Waals surface area contributed by atoms with Gasteiger partial charge < -0.3 is 14.7 Å². The number of halogens is 1. The van der Waals surface area contributed by atoms with Gasteiger partial charge in [-0.05, 0) is 65.2 Å². The molecule has 0 saturated carbocycles. The van der Waals surface area contributed by atoms with E-state index in [2.05, 4.69) is 31.4 Å². The number of nitrogens with zero attached hydrogens (tertiary/aromatic N) is 3. The van der Waals surface area contributed by atoms with E-state index < -0.39 is 0 Å². The molecule has 1 fully saturated rings. The van der Waals surface area contributed by atoms with Crippen LogP contribution in [-0.2, 0) is 4.79 Å². The lowest BCUT2D eigenvalue weighted by Crippen LogP contribution is -2.39. The fourth-order valence-corrected chi connectivity index (χ4v) is 4.05. The highest BCUT2D eigenvalue weighted by Gasteiger charge is 2.29. The van der Waals surface area contributed by atoms with E-state index in [1.165, 1.54) is 6.92 Å². The molecule has 2 aromatic carbocycles. The molecular formula is C22H21BrN4O3. The highest BCUT2D eigenvalue weighted by Crippen LogP contribution is 2.29. The number of carbonyl (C=O) groups excluding carboxylic acids is 2. The molecule has 0 spiro atoms. The SMILES string of the molecule is CC(=O)Nc1ccc(-c2noc(C3CCCN(C(=O)c4ccccc4Br)C3)n2)cc1. The normalized spacial score (nSPS) is 16.3. The first-order valence-corrected chi connectivity index (χ1v) is 10.6. The second kappa shape index (κ2) is 8.79. The number of hydrogen-bond donors (Lipinski definition) is 1. The summed E-state index contributed by atoms with van der Waals surface area (Å²) < 4.78 is 6.32. The topological polar surface area (TPSA) is 88.3 Å². The molecule has 3 aromatic rings. The number of aromatic nitrogens is 2. The van der Waals surface area contributed by atoms with Crippen molar-refractivity contribution in [3.63, 3.8) is 0 Å². The first kappa shape index (κ1) is 20.3. The van der Waals surface area contributed by atoms with Crippen molar-refractivity contribution < 1.29 is 14.1 Å². The highest BCUT2D eigenvalue weighted by atomic mass is 79.9. The van der Waals surface area contributed by atoms with Gasteiger partial charge in [0.2, 0.25) is 17.6 Å². The summed E-state index contributed by atoms with van der Waals surface area (Å²) in [5, 5.41) is 6.84. The number of benzene rings is 2. The number of nitrogens with one attached hydrogen (secondary N) is 1. The number of piperidine rings is 1. The van der Waals surface area contributed by atoms with Crippen LogP contribution in [0.4, 0.5) is 5.69 Å². The summed E-state index contributed by atoms with van der Waals surface area (Å²) in [4.78, 5) is 30.5. The molecule has 1 aromatic heterocycles. The van der Waals surface area contributed by atoms with Gasteiger partial charge in [0.15, 0.2) is 0 Å². The Morgan fingerprint density at radius 3 is 2.67 bits per heavy atom. The van der Waals surface area contributed by atoms with E-state index in [4.69, 9.17) is 4.52 Å². The van der Waals surface area contributed by atoms with Crippen molar-refractivity contribution in [2.24, 2.45) is 0 Å². The fraction of sp³-hybridized carbons (Fsp3) is 0.273.